The minimum absolute atomic E-state index is 0.144. The first kappa shape index (κ1) is 29.1. The molecule has 1 atom stereocenters. The van der Waals surface area contributed by atoms with Gasteiger partial charge in [-0.05, 0) is 75.9 Å². The van der Waals surface area contributed by atoms with E-state index in [1.807, 2.05) is 52.0 Å². The van der Waals surface area contributed by atoms with Crippen LogP contribution in [0.2, 0.25) is 0 Å². The molecular formula is C33H43N3O5. The first-order valence-corrected chi connectivity index (χ1v) is 14.7. The molecule has 5 rings (SSSR count). The lowest BCUT2D eigenvalue weighted by atomic mass is 9.97. The van der Waals surface area contributed by atoms with Crippen LogP contribution in [0.25, 0.3) is 10.9 Å². The van der Waals surface area contributed by atoms with Gasteiger partial charge >= 0.3 is 12.1 Å². The largest absolute Gasteiger partial charge is 0.496 e. The SMILES string of the molecule is COC(=O)c1ccc(C2CN(C3CCCC3)CCN2Cc2c(OC)cc(C)c3c2ccn3C(=O)OC(C)(C)C)cc1. The molecule has 220 valence electrons. The van der Waals surface area contributed by atoms with Crippen LogP contribution < -0.4 is 4.74 Å². The molecule has 8 heteroatoms. The number of carbonyl (C=O) groups excluding carboxylic acids is 2. The second-order valence-corrected chi connectivity index (χ2v) is 12.3. The van der Waals surface area contributed by atoms with E-state index >= 15 is 0 Å². The summed E-state index contributed by atoms with van der Waals surface area (Å²) in [7, 11) is 3.11. The molecule has 1 unspecified atom stereocenters. The van der Waals surface area contributed by atoms with Gasteiger partial charge in [0, 0.05) is 55.4 Å². The summed E-state index contributed by atoms with van der Waals surface area (Å²) in [5, 5.41) is 0.991. The van der Waals surface area contributed by atoms with E-state index in [0.717, 1.165) is 47.4 Å². The molecule has 1 aromatic heterocycles. The van der Waals surface area contributed by atoms with Gasteiger partial charge < -0.3 is 14.2 Å². The lowest BCUT2D eigenvalue weighted by molar-refractivity contribution is 0.0432. The number of ether oxygens (including phenoxy) is 3. The van der Waals surface area contributed by atoms with Crippen molar-refractivity contribution in [3.63, 3.8) is 0 Å². The number of carbonyl (C=O) groups is 2. The van der Waals surface area contributed by atoms with Crippen LogP contribution in [0.1, 0.15) is 79.5 Å². The quantitative estimate of drug-likeness (QED) is 0.326. The molecule has 1 saturated carbocycles. The molecule has 1 saturated heterocycles. The fourth-order valence-electron chi connectivity index (χ4n) is 6.48. The molecule has 0 N–H and O–H groups in total. The van der Waals surface area contributed by atoms with Crippen LogP contribution in [-0.2, 0) is 16.0 Å². The van der Waals surface area contributed by atoms with Crippen molar-refractivity contribution in [2.45, 2.75) is 77.6 Å². The number of hydrogen-bond donors (Lipinski definition) is 0. The van der Waals surface area contributed by atoms with Gasteiger partial charge in [-0.15, -0.1) is 0 Å². The zero-order valence-electron chi connectivity index (χ0n) is 25.2. The average molecular weight is 562 g/mol. The Hall–Kier alpha value is -3.36. The van der Waals surface area contributed by atoms with Gasteiger partial charge in [-0.1, -0.05) is 25.0 Å². The van der Waals surface area contributed by atoms with E-state index in [-0.39, 0.29) is 18.1 Å². The minimum Gasteiger partial charge on any atom is -0.496 e. The first-order chi connectivity index (χ1) is 19.6. The minimum atomic E-state index is -0.591. The van der Waals surface area contributed by atoms with Crippen LogP contribution in [0.3, 0.4) is 0 Å². The van der Waals surface area contributed by atoms with Crippen molar-refractivity contribution < 1.29 is 23.8 Å². The van der Waals surface area contributed by atoms with Crippen molar-refractivity contribution in [2.75, 3.05) is 33.9 Å². The van der Waals surface area contributed by atoms with Crippen LogP contribution in [0.4, 0.5) is 4.79 Å². The molecule has 0 bridgehead atoms. The standard InChI is InChI=1S/C33H43N3O5/c1-22-19-29(39-5)27(26-15-16-36(30(22)26)32(38)41-33(2,3)4)20-35-18-17-34(25-9-7-8-10-25)21-28(35)23-11-13-24(14-12-23)31(37)40-6/h11-16,19,25,28H,7-10,17-18,20-21H2,1-6H3. The van der Waals surface area contributed by atoms with Crippen LogP contribution in [0.15, 0.2) is 42.6 Å². The third-order valence-electron chi connectivity index (χ3n) is 8.48. The molecule has 0 amide bonds. The second-order valence-electron chi connectivity index (χ2n) is 12.3. The van der Waals surface area contributed by atoms with E-state index in [4.69, 9.17) is 14.2 Å². The highest BCUT2D eigenvalue weighted by atomic mass is 16.6. The van der Waals surface area contributed by atoms with E-state index < -0.39 is 5.60 Å². The molecule has 3 aromatic rings. The number of benzene rings is 2. The highest BCUT2D eigenvalue weighted by Gasteiger charge is 2.34. The first-order valence-electron chi connectivity index (χ1n) is 14.7. The maximum atomic E-state index is 13.1. The summed E-state index contributed by atoms with van der Waals surface area (Å²) in [5.41, 5.74) is 4.00. The Morgan fingerprint density at radius 2 is 1.71 bits per heavy atom. The molecule has 1 aliphatic carbocycles. The van der Waals surface area contributed by atoms with Gasteiger partial charge in [0.05, 0.1) is 25.3 Å². The van der Waals surface area contributed by atoms with Crippen LogP contribution in [0.5, 0.6) is 5.75 Å². The highest BCUT2D eigenvalue weighted by molar-refractivity contribution is 5.95. The summed E-state index contributed by atoms with van der Waals surface area (Å²) in [5.74, 6) is 0.487. The molecule has 2 aromatic carbocycles. The van der Waals surface area contributed by atoms with Crippen molar-refractivity contribution in [1.29, 1.82) is 0 Å². The fourth-order valence-corrected chi connectivity index (χ4v) is 6.48. The van der Waals surface area contributed by atoms with Crippen molar-refractivity contribution >= 4 is 23.0 Å². The Labute approximate surface area is 243 Å². The number of rotatable bonds is 6. The molecule has 2 heterocycles. The normalized spacial score (nSPS) is 19.0. The molecule has 1 aliphatic heterocycles. The van der Waals surface area contributed by atoms with E-state index in [1.54, 1.807) is 17.9 Å². The summed E-state index contributed by atoms with van der Waals surface area (Å²) >= 11 is 0. The average Bonchev–Trinajstić information content (AvgIpc) is 3.65. The van der Waals surface area contributed by atoms with Gasteiger partial charge in [0.2, 0.25) is 0 Å². The summed E-state index contributed by atoms with van der Waals surface area (Å²) in [4.78, 5) is 30.4. The smallest absolute Gasteiger partial charge is 0.419 e. The van der Waals surface area contributed by atoms with Gasteiger partial charge in [0.1, 0.15) is 11.4 Å². The Morgan fingerprint density at radius 1 is 1.00 bits per heavy atom. The zero-order valence-corrected chi connectivity index (χ0v) is 25.2. The van der Waals surface area contributed by atoms with Crippen LogP contribution >= 0.6 is 0 Å². The topological polar surface area (TPSA) is 73.2 Å². The Balaban J connectivity index is 1.51. The lowest BCUT2D eigenvalue weighted by Crippen LogP contribution is -2.51. The van der Waals surface area contributed by atoms with E-state index in [0.29, 0.717) is 18.2 Å². The Kier molecular flexibility index (Phi) is 8.43. The van der Waals surface area contributed by atoms with Crippen LogP contribution in [0, 0.1) is 6.92 Å². The molecule has 0 radical (unpaired) electrons. The van der Waals surface area contributed by atoms with Gasteiger partial charge in [0.25, 0.3) is 0 Å². The van der Waals surface area contributed by atoms with Crippen LogP contribution in [-0.4, -0.2) is 71.9 Å². The molecule has 8 nitrogen and oxygen atoms in total. The van der Waals surface area contributed by atoms with Gasteiger partial charge in [-0.2, -0.15) is 0 Å². The maximum absolute atomic E-state index is 13.1. The summed E-state index contributed by atoms with van der Waals surface area (Å²) in [6.45, 7) is 11.1. The summed E-state index contributed by atoms with van der Waals surface area (Å²) < 4.78 is 18.1. The number of piperazine rings is 1. The molecule has 2 fully saturated rings. The third kappa shape index (κ3) is 6.14. The van der Waals surface area contributed by atoms with Crippen molar-refractivity contribution in [3.05, 3.63) is 64.8 Å². The number of esters is 1. The van der Waals surface area contributed by atoms with Crippen molar-refractivity contribution in [2.24, 2.45) is 0 Å². The number of methoxy groups -OCH3 is 2. The van der Waals surface area contributed by atoms with E-state index in [2.05, 4.69) is 21.9 Å². The molecular weight excluding hydrogens is 518 g/mol. The monoisotopic (exact) mass is 561 g/mol. The van der Waals surface area contributed by atoms with E-state index in [1.165, 1.54) is 38.4 Å². The second kappa shape index (κ2) is 11.9. The number of fused-ring (bicyclic) bond motifs is 1. The molecule has 2 aliphatic rings. The zero-order chi connectivity index (χ0) is 29.3. The van der Waals surface area contributed by atoms with E-state index in [9.17, 15) is 9.59 Å². The lowest BCUT2D eigenvalue weighted by Gasteiger charge is -2.44. The predicted molar refractivity (Wildman–Crippen MR) is 160 cm³/mol. The van der Waals surface area contributed by atoms with Gasteiger partial charge in [-0.25, -0.2) is 9.59 Å². The molecule has 41 heavy (non-hydrogen) atoms. The predicted octanol–water partition coefficient (Wildman–Crippen LogP) is 6.33. The van der Waals surface area contributed by atoms with Gasteiger partial charge in [0.15, 0.2) is 0 Å². The molecule has 0 spiro atoms. The summed E-state index contributed by atoms with van der Waals surface area (Å²) in [6, 6.07) is 12.6. The third-order valence-corrected chi connectivity index (χ3v) is 8.48. The number of hydrogen-bond acceptors (Lipinski definition) is 7. The maximum Gasteiger partial charge on any atom is 0.419 e. The Bertz CT molecular complexity index is 1400. The number of aromatic nitrogens is 1. The van der Waals surface area contributed by atoms with Crippen molar-refractivity contribution in [3.8, 4) is 5.75 Å². The van der Waals surface area contributed by atoms with Gasteiger partial charge in [-0.3, -0.25) is 14.4 Å². The number of nitrogens with zero attached hydrogens (tertiary/aromatic N) is 3. The fraction of sp³-hybridized carbons (Fsp3) is 0.515. The van der Waals surface area contributed by atoms with Crippen molar-refractivity contribution in [1.82, 2.24) is 14.4 Å². The number of aryl methyl sites for hydroxylation is 1. The Morgan fingerprint density at radius 3 is 2.34 bits per heavy atom. The highest BCUT2D eigenvalue weighted by Crippen LogP contribution is 2.37. The summed E-state index contributed by atoms with van der Waals surface area (Å²) in [6.07, 6.45) is 6.54.